The molecule has 0 atom stereocenters. The summed E-state index contributed by atoms with van der Waals surface area (Å²) >= 11 is 1.58. The number of amides is 1. The molecule has 6 nitrogen and oxygen atoms in total. The molecule has 0 spiro atoms. The number of hydrogen-bond donors (Lipinski definition) is 1. The summed E-state index contributed by atoms with van der Waals surface area (Å²) in [6.07, 6.45) is 1.80. The molecule has 8 heteroatoms. The van der Waals surface area contributed by atoms with Crippen LogP contribution in [-0.2, 0) is 16.4 Å². The summed E-state index contributed by atoms with van der Waals surface area (Å²) in [5, 5.41) is 3.88. The maximum atomic E-state index is 12.6. The number of nitrogens with one attached hydrogen (secondary N) is 1. The lowest BCUT2D eigenvalue weighted by Gasteiger charge is -2.16. The van der Waals surface area contributed by atoms with Gasteiger partial charge in [0, 0.05) is 17.8 Å². The van der Waals surface area contributed by atoms with Crippen molar-refractivity contribution in [2.24, 2.45) is 0 Å². The van der Waals surface area contributed by atoms with Gasteiger partial charge < -0.3 is 5.32 Å². The first-order valence-corrected chi connectivity index (χ1v) is 10.8. The van der Waals surface area contributed by atoms with Crippen LogP contribution < -0.4 is 9.62 Å². The molecule has 1 aliphatic rings. The van der Waals surface area contributed by atoms with Crippen molar-refractivity contribution in [2.45, 2.75) is 13.3 Å². The Morgan fingerprint density at radius 2 is 2.04 bits per heavy atom. The van der Waals surface area contributed by atoms with Gasteiger partial charge in [0.05, 0.1) is 27.2 Å². The molecule has 2 heterocycles. The van der Waals surface area contributed by atoms with Crippen molar-refractivity contribution in [3.05, 3.63) is 52.5 Å². The first kappa shape index (κ1) is 17.0. The molecule has 1 aliphatic heterocycles. The van der Waals surface area contributed by atoms with Gasteiger partial charge in [0.15, 0.2) is 0 Å². The van der Waals surface area contributed by atoms with Crippen LogP contribution in [0.4, 0.5) is 11.4 Å². The fourth-order valence-corrected chi connectivity index (χ4v) is 5.00. The third-order valence-corrected chi connectivity index (χ3v) is 6.46. The lowest BCUT2D eigenvalue weighted by Crippen LogP contribution is -2.27. The molecule has 26 heavy (non-hydrogen) atoms. The molecule has 0 saturated carbocycles. The quantitative estimate of drug-likeness (QED) is 0.749. The summed E-state index contributed by atoms with van der Waals surface area (Å²) in [6.45, 7) is 2.37. The van der Waals surface area contributed by atoms with Gasteiger partial charge in [-0.1, -0.05) is 0 Å². The molecule has 0 unspecified atom stereocenters. The van der Waals surface area contributed by atoms with Gasteiger partial charge in [-0.25, -0.2) is 13.4 Å². The number of sulfonamides is 1. The van der Waals surface area contributed by atoms with Crippen molar-refractivity contribution in [3.8, 4) is 0 Å². The number of carbonyl (C=O) groups is 1. The number of benzene rings is 2. The summed E-state index contributed by atoms with van der Waals surface area (Å²) in [5.74, 6) is -0.216. The van der Waals surface area contributed by atoms with Gasteiger partial charge in [-0.2, -0.15) is 0 Å². The summed E-state index contributed by atoms with van der Waals surface area (Å²) < 4.78 is 26.0. The molecule has 2 aromatic carbocycles. The van der Waals surface area contributed by atoms with E-state index in [9.17, 15) is 13.2 Å². The highest BCUT2D eigenvalue weighted by Crippen LogP contribution is 2.31. The Hall–Kier alpha value is -2.45. The van der Waals surface area contributed by atoms with E-state index in [0.29, 0.717) is 29.9 Å². The highest BCUT2D eigenvalue weighted by atomic mass is 32.2. The summed E-state index contributed by atoms with van der Waals surface area (Å²) in [7, 11) is -3.29. The molecule has 1 aromatic heterocycles. The minimum Gasteiger partial charge on any atom is -0.322 e. The van der Waals surface area contributed by atoms with E-state index in [4.69, 9.17) is 0 Å². The zero-order chi connectivity index (χ0) is 18.5. The number of nitrogens with zero attached hydrogens (tertiary/aromatic N) is 2. The van der Waals surface area contributed by atoms with E-state index in [2.05, 4.69) is 10.3 Å². The van der Waals surface area contributed by atoms with Gasteiger partial charge >= 0.3 is 0 Å². The molecule has 1 amide bonds. The van der Waals surface area contributed by atoms with Crippen molar-refractivity contribution >= 4 is 48.9 Å². The molecule has 0 bridgehead atoms. The predicted octanol–water partition coefficient (Wildman–Crippen LogP) is 3.18. The fourth-order valence-electron chi connectivity index (χ4n) is 3.18. The molecular formula is C18H17N3O3S2. The molecule has 0 fully saturated rings. The highest BCUT2D eigenvalue weighted by molar-refractivity contribution is 7.92. The molecule has 4 rings (SSSR count). The van der Waals surface area contributed by atoms with E-state index in [1.807, 2.05) is 25.1 Å². The maximum Gasteiger partial charge on any atom is 0.255 e. The van der Waals surface area contributed by atoms with E-state index in [1.165, 1.54) is 10.6 Å². The second-order valence-electron chi connectivity index (χ2n) is 6.30. The molecule has 0 aliphatic carbocycles. The number of thiazole rings is 1. The second kappa shape index (κ2) is 6.07. The Kier molecular flexibility index (Phi) is 3.96. The average molecular weight is 387 g/mol. The zero-order valence-corrected chi connectivity index (χ0v) is 15.9. The van der Waals surface area contributed by atoms with E-state index in [-0.39, 0.29) is 5.91 Å². The third kappa shape index (κ3) is 3.06. The van der Waals surface area contributed by atoms with Crippen LogP contribution in [0.3, 0.4) is 0 Å². The van der Waals surface area contributed by atoms with Crippen LogP contribution in [0.15, 0.2) is 36.4 Å². The van der Waals surface area contributed by atoms with Crippen molar-refractivity contribution in [3.63, 3.8) is 0 Å². The average Bonchev–Trinajstić information content (AvgIpc) is 3.15. The Morgan fingerprint density at radius 3 is 2.81 bits per heavy atom. The van der Waals surface area contributed by atoms with Crippen LogP contribution in [0.1, 0.15) is 20.9 Å². The van der Waals surface area contributed by atoms with Gasteiger partial charge in [-0.05, 0) is 55.3 Å². The fraction of sp³-hybridized carbons (Fsp3) is 0.222. The normalized spacial score (nSPS) is 13.8. The maximum absolute atomic E-state index is 12.6. The summed E-state index contributed by atoms with van der Waals surface area (Å²) in [4.78, 5) is 17.0. The smallest absolute Gasteiger partial charge is 0.255 e. The second-order valence-corrected chi connectivity index (χ2v) is 9.44. The number of aryl methyl sites for hydroxylation is 1. The van der Waals surface area contributed by atoms with Crippen molar-refractivity contribution in [2.75, 3.05) is 22.4 Å². The van der Waals surface area contributed by atoms with Gasteiger partial charge in [-0.15, -0.1) is 11.3 Å². The van der Waals surface area contributed by atoms with E-state index < -0.39 is 10.0 Å². The molecule has 1 N–H and O–H groups in total. The topological polar surface area (TPSA) is 79.4 Å². The van der Waals surface area contributed by atoms with Crippen molar-refractivity contribution < 1.29 is 13.2 Å². The van der Waals surface area contributed by atoms with Crippen LogP contribution >= 0.6 is 11.3 Å². The van der Waals surface area contributed by atoms with E-state index in [1.54, 1.807) is 29.5 Å². The lowest BCUT2D eigenvalue weighted by molar-refractivity contribution is 0.102. The summed E-state index contributed by atoms with van der Waals surface area (Å²) in [5.41, 5.74) is 3.68. The van der Waals surface area contributed by atoms with E-state index in [0.717, 1.165) is 20.8 Å². The number of rotatable bonds is 3. The van der Waals surface area contributed by atoms with Crippen molar-refractivity contribution in [1.82, 2.24) is 4.98 Å². The summed E-state index contributed by atoms with van der Waals surface area (Å²) in [6, 6.07) is 10.8. The Morgan fingerprint density at radius 1 is 1.23 bits per heavy atom. The molecule has 134 valence electrons. The van der Waals surface area contributed by atoms with Gasteiger partial charge in [0.1, 0.15) is 0 Å². The van der Waals surface area contributed by atoms with Gasteiger partial charge in [-0.3, -0.25) is 9.10 Å². The molecule has 0 saturated heterocycles. The van der Waals surface area contributed by atoms with Crippen LogP contribution in [0.25, 0.3) is 10.2 Å². The molecule has 0 radical (unpaired) electrons. The SMILES string of the molecule is Cc1nc2ccc(NC(=O)c3ccc4c(c3)CCN4S(C)(=O)=O)cc2s1. The standard InChI is InChI=1S/C18H17N3O3S2/c1-11-19-15-5-4-14(10-17(15)25-11)20-18(22)13-3-6-16-12(9-13)7-8-21(16)26(2,23)24/h3-6,9-10H,7-8H2,1-2H3,(H,20,22). The predicted molar refractivity (Wildman–Crippen MR) is 105 cm³/mol. The number of aromatic nitrogens is 1. The first-order chi connectivity index (χ1) is 12.3. The lowest BCUT2D eigenvalue weighted by atomic mass is 10.1. The number of carbonyl (C=O) groups excluding carboxylic acids is 1. The third-order valence-electron chi connectivity index (χ3n) is 4.35. The van der Waals surface area contributed by atoms with Crippen molar-refractivity contribution in [1.29, 1.82) is 0 Å². The Balaban J connectivity index is 1.58. The zero-order valence-electron chi connectivity index (χ0n) is 14.3. The minimum absolute atomic E-state index is 0.216. The number of hydrogen-bond acceptors (Lipinski definition) is 5. The monoisotopic (exact) mass is 387 g/mol. The van der Waals surface area contributed by atoms with Crippen LogP contribution in [0.5, 0.6) is 0 Å². The minimum atomic E-state index is -3.29. The Bertz CT molecular complexity index is 1140. The number of anilines is 2. The van der Waals surface area contributed by atoms with Crippen LogP contribution in [0.2, 0.25) is 0 Å². The largest absolute Gasteiger partial charge is 0.322 e. The molecular weight excluding hydrogens is 370 g/mol. The first-order valence-electron chi connectivity index (χ1n) is 8.10. The van der Waals surface area contributed by atoms with Crippen LogP contribution in [-0.4, -0.2) is 32.1 Å². The number of fused-ring (bicyclic) bond motifs is 2. The highest BCUT2D eigenvalue weighted by Gasteiger charge is 2.26. The van der Waals surface area contributed by atoms with Gasteiger partial charge in [0.25, 0.3) is 5.91 Å². The van der Waals surface area contributed by atoms with Crippen LogP contribution in [0, 0.1) is 6.92 Å². The Labute approximate surface area is 155 Å². The van der Waals surface area contributed by atoms with Gasteiger partial charge in [0.2, 0.25) is 10.0 Å². The van der Waals surface area contributed by atoms with E-state index >= 15 is 0 Å². The molecule has 3 aromatic rings.